The molecule has 3 N–H and O–H groups in total. The van der Waals surface area contributed by atoms with E-state index < -0.39 is 5.97 Å². The predicted octanol–water partition coefficient (Wildman–Crippen LogP) is 9.02. The average molecular weight is 582 g/mol. The van der Waals surface area contributed by atoms with Gasteiger partial charge in [0.15, 0.2) is 0 Å². The van der Waals surface area contributed by atoms with Crippen molar-refractivity contribution >= 4 is 5.97 Å². The van der Waals surface area contributed by atoms with Gasteiger partial charge in [0, 0.05) is 5.54 Å². The molecule has 6 aliphatic carbocycles. The van der Waals surface area contributed by atoms with Crippen LogP contribution in [0.4, 0.5) is 0 Å². The topological polar surface area (TPSA) is 72.5 Å². The molecule has 0 amide bonds. The third-order valence-corrected chi connectivity index (χ3v) is 16.4. The standard InChI is InChI=1S/C38H63NO3/c1-24(2)26(4)33(5)21-22-35(7)27-11-12-29-34(6)18-13-25(3)38(29,28(27)14-19-36(35,8)31(33)32(40)41)20-15-30(34)42-23-37(39)16-9-10-17-37/h14,24-27,29-31H,9-13,15-23,39H2,1-8H3,(H,40,41)/t25-,26-,27?,29+,30+,31-,33-,34-,35-,36+,38+/m1/s1. The van der Waals surface area contributed by atoms with E-state index in [2.05, 4.69) is 61.5 Å². The number of hydrogen-bond donors (Lipinski definition) is 2. The van der Waals surface area contributed by atoms with Crippen LogP contribution in [0.1, 0.15) is 139 Å². The molecule has 6 rings (SSSR count). The molecule has 5 saturated carbocycles. The molecule has 4 heteroatoms. The summed E-state index contributed by atoms with van der Waals surface area (Å²) < 4.78 is 6.89. The van der Waals surface area contributed by atoms with Gasteiger partial charge in [-0.3, -0.25) is 4.79 Å². The maximum absolute atomic E-state index is 13.3. The lowest BCUT2D eigenvalue weighted by atomic mass is 9.32. The van der Waals surface area contributed by atoms with Crippen molar-refractivity contribution in [2.75, 3.05) is 6.61 Å². The summed E-state index contributed by atoms with van der Waals surface area (Å²) in [5, 5.41) is 11.0. The summed E-state index contributed by atoms with van der Waals surface area (Å²) in [7, 11) is 0. The molecule has 0 aromatic rings. The highest BCUT2D eigenvalue weighted by molar-refractivity contribution is 5.73. The normalized spacial score (nSPS) is 50.3. The van der Waals surface area contributed by atoms with Gasteiger partial charge in [0.25, 0.3) is 0 Å². The molecule has 0 aliphatic heterocycles. The Bertz CT molecular complexity index is 1110. The lowest BCUT2D eigenvalue weighted by Crippen LogP contribution is -2.67. The molecule has 0 spiro atoms. The van der Waals surface area contributed by atoms with E-state index in [0.717, 1.165) is 45.1 Å². The van der Waals surface area contributed by atoms with Gasteiger partial charge in [-0.25, -0.2) is 0 Å². The molecule has 0 aromatic heterocycles. The van der Waals surface area contributed by atoms with Gasteiger partial charge in [0.2, 0.25) is 0 Å². The lowest BCUT2D eigenvalue weighted by molar-refractivity contribution is -0.216. The summed E-state index contributed by atoms with van der Waals surface area (Å²) in [6.07, 6.45) is 18.2. The lowest BCUT2D eigenvalue weighted by Gasteiger charge is -2.72. The largest absolute Gasteiger partial charge is 0.481 e. The molecule has 4 nitrogen and oxygen atoms in total. The zero-order valence-electron chi connectivity index (χ0n) is 28.4. The predicted molar refractivity (Wildman–Crippen MR) is 171 cm³/mol. The minimum atomic E-state index is -0.557. The fourth-order valence-electron chi connectivity index (χ4n) is 13.3. The Labute approximate surface area is 257 Å². The van der Waals surface area contributed by atoms with Crippen molar-refractivity contribution < 1.29 is 14.6 Å². The molecule has 0 aromatic carbocycles. The van der Waals surface area contributed by atoms with Crippen LogP contribution in [-0.2, 0) is 9.53 Å². The minimum absolute atomic E-state index is 0.0192. The number of hydrogen-bond acceptors (Lipinski definition) is 3. The summed E-state index contributed by atoms with van der Waals surface area (Å²) in [5.41, 5.74) is 8.49. The van der Waals surface area contributed by atoms with E-state index in [0.29, 0.717) is 35.7 Å². The van der Waals surface area contributed by atoms with Crippen molar-refractivity contribution in [1.82, 2.24) is 0 Å². The number of aliphatic carboxylic acids is 1. The van der Waals surface area contributed by atoms with Gasteiger partial charge in [-0.15, -0.1) is 0 Å². The number of ether oxygens (including phenoxy) is 1. The molecule has 0 saturated heterocycles. The molecule has 42 heavy (non-hydrogen) atoms. The van der Waals surface area contributed by atoms with E-state index >= 15 is 0 Å². The van der Waals surface area contributed by atoms with Crippen molar-refractivity contribution in [2.45, 2.75) is 151 Å². The first-order chi connectivity index (χ1) is 19.6. The van der Waals surface area contributed by atoms with E-state index in [1.165, 1.54) is 44.9 Å². The third kappa shape index (κ3) is 4.01. The molecule has 0 radical (unpaired) electrons. The zero-order chi connectivity index (χ0) is 30.5. The molecule has 1 unspecified atom stereocenters. The van der Waals surface area contributed by atoms with Crippen LogP contribution in [0.15, 0.2) is 11.6 Å². The maximum Gasteiger partial charge on any atom is 0.307 e. The smallest absolute Gasteiger partial charge is 0.307 e. The second-order valence-corrected chi connectivity index (χ2v) is 18.1. The van der Waals surface area contributed by atoms with Gasteiger partial charge >= 0.3 is 5.97 Å². The van der Waals surface area contributed by atoms with Crippen LogP contribution in [-0.4, -0.2) is 29.3 Å². The Hall–Kier alpha value is -0.870. The summed E-state index contributed by atoms with van der Waals surface area (Å²) in [6.45, 7) is 20.0. The maximum atomic E-state index is 13.3. The van der Waals surface area contributed by atoms with Crippen LogP contribution in [0.3, 0.4) is 0 Å². The van der Waals surface area contributed by atoms with Gasteiger partial charge in [-0.05, 0) is 127 Å². The van der Waals surface area contributed by atoms with E-state index in [4.69, 9.17) is 10.5 Å². The second-order valence-electron chi connectivity index (χ2n) is 18.1. The van der Waals surface area contributed by atoms with Gasteiger partial charge in [0.05, 0.1) is 18.6 Å². The Morgan fingerprint density at radius 3 is 2.29 bits per heavy atom. The molecule has 5 fully saturated rings. The molecule has 238 valence electrons. The first kappa shape index (κ1) is 31.1. The van der Waals surface area contributed by atoms with Crippen molar-refractivity contribution in [1.29, 1.82) is 0 Å². The Kier molecular flexibility index (Phi) is 7.46. The first-order valence-electron chi connectivity index (χ1n) is 17.9. The van der Waals surface area contributed by atoms with E-state index in [-0.39, 0.29) is 38.5 Å². The van der Waals surface area contributed by atoms with Crippen LogP contribution in [0.5, 0.6) is 0 Å². The quantitative estimate of drug-likeness (QED) is 0.307. The van der Waals surface area contributed by atoms with Gasteiger partial charge < -0.3 is 15.6 Å². The number of carbonyl (C=O) groups is 1. The number of allylic oxidation sites excluding steroid dienone is 2. The number of fused-ring (bicyclic) bond motifs is 3. The van der Waals surface area contributed by atoms with Gasteiger partial charge in [-0.2, -0.15) is 0 Å². The van der Waals surface area contributed by atoms with Crippen molar-refractivity contribution in [2.24, 2.45) is 68.3 Å². The monoisotopic (exact) mass is 581 g/mol. The van der Waals surface area contributed by atoms with Gasteiger partial charge in [0.1, 0.15) is 0 Å². The SMILES string of the molecule is CC(C)[C@@H](C)[C@@]1(C)CC[C@]2(C)C3CC[C@H]4[C@@]5(C)CC[C@@H](C)[C@@]4(CC[C@@H]5OCC4(N)CCCC4)C3=CC[C@@]2(C)[C@@H]1C(=O)O. The number of nitrogens with two attached hydrogens (primary N) is 1. The van der Waals surface area contributed by atoms with Gasteiger partial charge in [-0.1, -0.05) is 79.9 Å². The highest BCUT2D eigenvalue weighted by Gasteiger charge is 2.71. The first-order valence-corrected chi connectivity index (χ1v) is 17.9. The molecule has 6 aliphatic rings. The van der Waals surface area contributed by atoms with Crippen LogP contribution in [0.25, 0.3) is 0 Å². The fraction of sp³-hybridized carbons (Fsp3) is 0.921. The van der Waals surface area contributed by atoms with E-state index in [9.17, 15) is 9.90 Å². The highest BCUT2D eigenvalue weighted by atomic mass is 16.5. The fourth-order valence-corrected chi connectivity index (χ4v) is 13.3. The average Bonchev–Trinajstić information content (AvgIpc) is 3.37. The Morgan fingerprint density at radius 1 is 0.952 bits per heavy atom. The Balaban J connectivity index is 1.36. The van der Waals surface area contributed by atoms with E-state index in [1.807, 2.05) is 0 Å². The van der Waals surface area contributed by atoms with Crippen molar-refractivity contribution in [3.05, 3.63) is 11.6 Å². The molecular weight excluding hydrogens is 518 g/mol. The molecule has 11 atom stereocenters. The van der Waals surface area contributed by atoms with Crippen molar-refractivity contribution in [3.8, 4) is 0 Å². The van der Waals surface area contributed by atoms with Crippen LogP contribution < -0.4 is 5.73 Å². The number of carboxylic acid groups (broad SMARTS) is 1. The summed E-state index contributed by atoms with van der Waals surface area (Å²) in [6, 6.07) is 0. The molecule has 2 bridgehead atoms. The second kappa shape index (κ2) is 10.1. The summed E-state index contributed by atoms with van der Waals surface area (Å²) in [5.74, 6) is 1.83. The molecular formula is C38H63NO3. The Morgan fingerprint density at radius 2 is 1.64 bits per heavy atom. The molecule has 0 heterocycles. The minimum Gasteiger partial charge on any atom is -0.481 e. The zero-order valence-corrected chi connectivity index (χ0v) is 28.4. The third-order valence-electron chi connectivity index (χ3n) is 16.4. The number of carboxylic acids is 1. The van der Waals surface area contributed by atoms with Crippen molar-refractivity contribution in [3.63, 3.8) is 0 Å². The van der Waals surface area contributed by atoms with Crippen LogP contribution in [0, 0.1) is 62.6 Å². The van der Waals surface area contributed by atoms with Crippen LogP contribution >= 0.6 is 0 Å². The highest BCUT2D eigenvalue weighted by Crippen LogP contribution is 2.77. The summed E-state index contributed by atoms with van der Waals surface area (Å²) >= 11 is 0. The van der Waals surface area contributed by atoms with Crippen LogP contribution in [0.2, 0.25) is 0 Å². The summed E-state index contributed by atoms with van der Waals surface area (Å²) in [4.78, 5) is 13.3. The number of rotatable bonds is 6. The van der Waals surface area contributed by atoms with E-state index in [1.54, 1.807) is 5.57 Å².